The second-order valence-electron chi connectivity index (χ2n) is 5.88. The van der Waals surface area contributed by atoms with E-state index in [0.29, 0.717) is 22.3 Å². The van der Waals surface area contributed by atoms with E-state index in [9.17, 15) is 8.42 Å². The summed E-state index contributed by atoms with van der Waals surface area (Å²) >= 11 is 0. The average molecular weight is 306 g/mol. The second-order valence-corrected chi connectivity index (χ2v) is 7.93. The van der Waals surface area contributed by atoms with E-state index in [2.05, 4.69) is 19.1 Å². The maximum absolute atomic E-state index is 12.8. The maximum Gasteiger partial charge on any atom is 0.326 e. The van der Waals surface area contributed by atoms with Gasteiger partial charge in [-0.05, 0) is 57.4 Å². The van der Waals surface area contributed by atoms with Gasteiger partial charge in [0.2, 0.25) is 0 Å². The van der Waals surface area contributed by atoms with E-state index >= 15 is 0 Å². The molecular weight excluding hydrogens is 282 g/mol. The third kappa shape index (κ3) is 4.05. The number of nitrogens with one attached hydrogen (secondary N) is 1. The van der Waals surface area contributed by atoms with Crippen LogP contribution in [-0.4, -0.2) is 21.5 Å². The number of hydrogen-bond acceptors (Lipinski definition) is 2. The van der Waals surface area contributed by atoms with Crippen LogP contribution in [-0.2, 0) is 10.0 Å². The number of allylic oxidation sites excluding steroid dienone is 2. The lowest BCUT2D eigenvalue weighted by Crippen LogP contribution is -3.13. The van der Waals surface area contributed by atoms with E-state index in [1.807, 2.05) is 26.0 Å². The van der Waals surface area contributed by atoms with Crippen molar-refractivity contribution in [1.29, 1.82) is 0 Å². The van der Waals surface area contributed by atoms with Crippen molar-refractivity contribution in [3.63, 3.8) is 0 Å². The fourth-order valence-electron chi connectivity index (χ4n) is 2.48. The van der Waals surface area contributed by atoms with Gasteiger partial charge < -0.3 is 0 Å². The standard InChI is InChI=1S/C17H23NO2S/c1-14-5-4-6-16(3)13-18(12-11-14)21(19,20)17-9-7-15(2)8-10-17/h6-11H,4-5,12-13H2,1-3H3/p+1/b14-11-,16-6-. The zero-order chi connectivity index (χ0) is 15.5. The Morgan fingerprint density at radius 3 is 2.29 bits per heavy atom. The first-order chi connectivity index (χ1) is 9.89. The van der Waals surface area contributed by atoms with Crippen LogP contribution in [0.3, 0.4) is 0 Å². The number of benzene rings is 1. The molecule has 0 amide bonds. The summed E-state index contributed by atoms with van der Waals surface area (Å²) in [6.07, 6.45) is 6.22. The van der Waals surface area contributed by atoms with Crippen molar-refractivity contribution in [2.24, 2.45) is 0 Å². The molecule has 1 heterocycles. The second kappa shape index (κ2) is 6.58. The zero-order valence-corrected chi connectivity index (χ0v) is 13.8. The summed E-state index contributed by atoms with van der Waals surface area (Å²) in [6, 6.07) is 7.12. The van der Waals surface area contributed by atoms with Gasteiger partial charge in [-0.3, -0.25) is 0 Å². The molecular formula is C17H24NO2S+. The van der Waals surface area contributed by atoms with Crippen LogP contribution in [0.15, 0.2) is 52.5 Å². The molecule has 0 saturated heterocycles. The molecule has 0 spiro atoms. The Kier molecular flexibility index (Phi) is 5.01. The molecule has 0 radical (unpaired) electrons. The fraction of sp³-hybridized carbons (Fsp3) is 0.412. The van der Waals surface area contributed by atoms with Crippen molar-refractivity contribution in [1.82, 2.24) is 0 Å². The van der Waals surface area contributed by atoms with Crippen LogP contribution in [0, 0.1) is 6.92 Å². The van der Waals surface area contributed by atoms with Crippen molar-refractivity contribution in [2.45, 2.75) is 38.5 Å². The fourth-order valence-corrected chi connectivity index (χ4v) is 4.03. The lowest BCUT2D eigenvalue weighted by molar-refractivity contribution is -0.754. The number of quaternary nitrogens is 1. The number of aryl methyl sites for hydroxylation is 1. The molecule has 21 heavy (non-hydrogen) atoms. The van der Waals surface area contributed by atoms with Crippen LogP contribution < -0.4 is 4.31 Å². The minimum atomic E-state index is -3.36. The van der Waals surface area contributed by atoms with Crippen molar-refractivity contribution in [3.8, 4) is 0 Å². The van der Waals surface area contributed by atoms with Crippen LogP contribution in [0.4, 0.5) is 0 Å². The molecule has 3 nitrogen and oxygen atoms in total. The number of hydrogen-bond donors (Lipinski definition) is 1. The summed E-state index contributed by atoms with van der Waals surface area (Å²) < 4.78 is 26.3. The molecule has 4 heteroatoms. The van der Waals surface area contributed by atoms with Gasteiger partial charge in [-0.2, -0.15) is 8.42 Å². The van der Waals surface area contributed by atoms with Gasteiger partial charge >= 0.3 is 10.0 Å². The van der Waals surface area contributed by atoms with Gasteiger partial charge in [0, 0.05) is 0 Å². The van der Waals surface area contributed by atoms with E-state index < -0.39 is 10.0 Å². The Hall–Kier alpha value is -1.39. The highest BCUT2D eigenvalue weighted by Gasteiger charge is 2.28. The Balaban J connectivity index is 2.35. The molecule has 1 N–H and O–H groups in total. The summed E-state index contributed by atoms with van der Waals surface area (Å²) in [6.45, 7) is 7.12. The van der Waals surface area contributed by atoms with Crippen LogP contribution in [0.2, 0.25) is 0 Å². The van der Waals surface area contributed by atoms with E-state index in [-0.39, 0.29) is 0 Å². The number of sulfonamides is 1. The van der Waals surface area contributed by atoms with Crippen molar-refractivity contribution < 1.29 is 12.7 Å². The lowest BCUT2D eigenvalue weighted by atomic mass is 10.1. The first-order valence-corrected chi connectivity index (χ1v) is 8.85. The van der Waals surface area contributed by atoms with Crippen LogP contribution in [0.5, 0.6) is 0 Å². The lowest BCUT2D eigenvalue weighted by Gasteiger charge is -2.18. The first-order valence-electron chi connectivity index (χ1n) is 7.37. The monoisotopic (exact) mass is 306 g/mol. The van der Waals surface area contributed by atoms with Crippen LogP contribution in [0.1, 0.15) is 32.3 Å². The quantitative estimate of drug-likeness (QED) is 0.851. The summed E-state index contributed by atoms with van der Waals surface area (Å²) in [5.74, 6) is 0. The molecule has 1 aromatic carbocycles. The van der Waals surface area contributed by atoms with Crippen molar-refractivity contribution >= 4 is 10.0 Å². The molecule has 1 aliphatic heterocycles. The van der Waals surface area contributed by atoms with Gasteiger partial charge in [0.25, 0.3) is 0 Å². The third-order valence-electron chi connectivity index (χ3n) is 3.90. The average Bonchev–Trinajstić information content (AvgIpc) is 2.51. The van der Waals surface area contributed by atoms with E-state index in [0.717, 1.165) is 24.0 Å². The predicted molar refractivity (Wildman–Crippen MR) is 85.8 cm³/mol. The van der Waals surface area contributed by atoms with Gasteiger partial charge in [0.1, 0.15) is 18.0 Å². The summed E-state index contributed by atoms with van der Waals surface area (Å²) in [4.78, 5) is 0.404. The highest BCUT2D eigenvalue weighted by molar-refractivity contribution is 7.85. The normalized spacial score (nSPS) is 25.8. The third-order valence-corrected chi connectivity index (χ3v) is 5.86. The molecule has 114 valence electrons. The smallest absolute Gasteiger partial charge is 0.218 e. The molecule has 0 fully saturated rings. The molecule has 1 aliphatic rings. The van der Waals surface area contributed by atoms with E-state index in [1.165, 1.54) is 5.57 Å². The molecule has 2 rings (SSSR count). The Labute approximate surface area is 128 Å². The Morgan fingerprint density at radius 2 is 1.62 bits per heavy atom. The Morgan fingerprint density at radius 1 is 0.952 bits per heavy atom. The minimum absolute atomic E-state index is 0.404. The molecule has 0 aromatic heterocycles. The highest BCUT2D eigenvalue weighted by atomic mass is 32.2. The summed E-state index contributed by atoms with van der Waals surface area (Å²) in [7, 11) is -3.36. The predicted octanol–water partition coefficient (Wildman–Crippen LogP) is 2.26. The molecule has 1 unspecified atom stereocenters. The van der Waals surface area contributed by atoms with Gasteiger partial charge in [0.05, 0.1) is 0 Å². The topological polar surface area (TPSA) is 38.6 Å². The minimum Gasteiger partial charge on any atom is -0.218 e. The van der Waals surface area contributed by atoms with Crippen molar-refractivity contribution in [2.75, 3.05) is 13.1 Å². The van der Waals surface area contributed by atoms with E-state index in [1.54, 1.807) is 12.1 Å². The summed E-state index contributed by atoms with van der Waals surface area (Å²) in [5.41, 5.74) is 3.47. The first kappa shape index (κ1) is 16.0. The van der Waals surface area contributed by atoms with Gasteiger partial charge in [-0.15, -0.1) is 0 Å². The van der Waals surface area contributed by atoms with Gasteiger partial charge in [0.15, 0.2) is 0 Å². The van der Waals surface area contributed by atoms with Crippen molar-refractivity contribution in [3.05, 3.63) is 53.1 Å². The highest BCUT2D eigenvalue weighted by Crippen LogP contribution is 2.10. The summed E-state index contributed by atoms with van der Waals surface area (Å²) in [5, 5.41) is 0. The van der Waals surface area contributed by atoms with Crippen LogP contribution in [0.25, 0.3) is 0 Å². The molecule has 1 atom stereocenters. The zero-order valence-electron chi connectivity index (χ0n) is 13.0. The SMILES string of the molecule is C/C1=C/C[NH+](S(=O)(=O)c2ccc(C)cc2)C/C(C)=C\CC1. The number of rotatable bonds is 2. The molecule has 0 saturated carbocycles. The Bertz CT molecular complexity index is 655. The molecule has 0 bridgehead atoms. The van der Waals surface area contributed by atoms with Gasteiger partial charge in [-0.1, -0.05) is 29.3 Å². The largest absolute Gasteiger partial charge is 0.326 e. The molecule has 1 aromatic rings. The maximum atomic E-state index is 12.8. The molecule has 0 aliphatic carbocycles. The van der Waals surface area contributed by atoms with E-state index in [4.69, 9.17) is 0 Å². The van der Waals surface area contributed by atoms with Gasteiger partial charge in [-0.25, -0.2) is 4.31 Å². The van der Waals surface area contributed by atoms with Crippen LogP contribution >= 0.6 is 0 Å².